The first-order chi connectivity index (χ1) is 10.5. The summed E-state index contributed by atoms with van der Waals surface area (Å²) in [6.45, 7) is 3.65. The maximum absolute atomic E-state index is 12.0. The Morgan fingerprint density at radius 2 is 1.86 bits per heavy atom. The number of hydrazone groups is 1. The van der Waals surface area contributed by atoms with Crippen LogP contribution in [0.2, 0.25) is 0 Å². The minimum atomic E-state index is -0.325. The van der Waals surface area contributed by atoms with Gasteiger partial charge in [-0.15, -0.1) is 0 Å². The molecule has 0 aliphatic carbocycles. The van der Waals surface area contributed by atoms with E-state index in [4.69, 9.17) is 4.74 Å². The number of carbonyl (C=O) groups is 1. The minimum absolute atomic E-state index is 0.130. The maximum Gasteiger partial charge on any atom is 0.271 e. The number of nitrogens with zero attached hydrogens (tertiary/aromatic N) is 1. The summed E-state index contributed by atoms with van der Waals surface area (Å²) in [5, 5.41) is 13.9. The monoisotopic (exact) mass is 298 g/mol. The third-order valence-corrected chi connectivity index (χ3v) is 3.22. The topological polar surface area (TPSA) is 70.9 Å². The van der Waals surface area contributed by atoms with Crippen LogP contribution in [0.3, 0.4) is 0 Å². The highest BCUT2D eigenvalue weighted by molar-refractivity contribution is 6.02. The van der Waals surface area contributed by atoms with Gasteiger partial charge in [0.05, 0.1) is 12.8 Å². The first-order valence-electron chi connectivity index (χ1n) is 6.80. The molecule has 0 bridgehead atoms. The van der Waals surface area contributed by atoms with Crippen molar-refractivity contribution in [3.63, 3.8) is 0 Å². The van der Waals surface area contributed by atoms with E-state index in [1.165, 1.54) is 0 Å². The van der Waals surface area contributed by atoms with Crippen molar-refractivity contribution in [3.05, 3.63) is 59.2 Å². The van der Waals surface area contributed by atoms with Crippen molar-refractivity contribution in [2.45, 2.75) is 13.8 Å². The van der Waals surface area contributed by atoms with Crippen molar-refractivity contribution < 1.29 is 14.6 Å². The first-order valence-corrected chi connectivity index (χ1v) is 6.80. The summed E-state index contributed by atoms with van der Waals surface area (Å²) in [4.78, 5) is 12.0. The molecule has 0 aliphatic rings. The number of nitrogens with one attached hydrogen (secondary N) is 1. The van der Waals surface area contributed by atoms with Gasteiger partial charge in [0.15, 0.2) is 0 Å². The number of hydrogen-bond donors (Lipinski definition) is 2. The zero-order valence-electron chi connectivity index (χ0n) is 12.8. The lowest BCUT2D eigenvalue weighted by Crippen LogP contribution is -2.19. The lowest BCUT2D eigenvalue weighted by molar-refractivity contribution is 0.0955. The second-order valence-electron chi connectivity index (χ2n) is 4.89. The van der Waals surface area contributed by atoms with Crippen LogP contribution < -0.4 is 10.2 Å². The van der Waals surface area contributed by atoms with Gasteiger partial charge in [-0.25, -0.2) is 5.43 Å². The van der Waals surface area contributed by atoms with Gasteiger partial charge in [0.2, 0.25) is 0 Å². The molecule has 2 N–H and O–H groups in total. The smallest absolute Gasteiger partial charge is 0.271 e. The Balaban J connectivity index is 2.12. The average Bonchev–Trinajstić information content (AvgIpc) is 2.54. The molecule has 0 unspecified atom stereocenters. The number of carbonyl (C=O) groups excluding carboxylic acids is 1. The molecule has 1 amide bonds. The molecular formula is C17H18N2O3. The second kappa shape index (κ2) is 6.76. The third-order valence-electron chi connectivity index (χ3n) is 3.22. The maximum atomic E-state index is 12.0. The first kappa shape index (κ1) is 15.6. The Morgan fingerprint density at radius 3 is 2.50 bits per heavy atom. The van der Waals surface area contributed by atoms with Gasteiger partial charge in [-0.1, -0.05) is 11.6 Å². The molecule has 0 aliphatic heterocycles. The number of hydrogen-bond acceptors (Lipinski definition) is 4. The van der Waals surface area contributed by atoms with Gasteiger partial charge in [-0.2, -0.15) is 5.10 Å². The van der Waals surface area contributed by atoms with Crippen molar-refractivity contribution in [2.24, 2.45) is 5.10 Å². The van der Waals surface area contributed by atoms with Gasteiger partial charge in [0.25, 0.3) is 5.91 Å². The SMILES string of the molecule is COc1ccc(C(=O)N/N=C(\C)c2cc(C)ccc2O)cc1. The lowest BCUT2D eigenvalue weighted by Gasteiger charge is -2.06. The molecule has 0 heterocycles. The van der Waals surface area contributed by atoms with E-state index in [9.17, 15) is 9.90 Å². The summed E-state index contributed by atoms with van der Waals surface area (Å²) in [6, 6.07) is 12.0. The van der Waals surface area contributed by atoms with Crippen LogP contribution in [-0.2, 0) is 0 Å². The number of aromatic hydroxyl groups is 1. The molecule has 0 spiro atoms. The summed E-state index contributed by atoms with van der Waals surface area (Å²) in [5.74, 6) is 0.487. The van der Waals surface area contributed by atoms with Crippen LogP contribution in [0, 0.1) is 6.92 Å². The summed E-state index contributed by atoms with van der Waals surface area (Å²) >= 11 is 0. The van der Waals surface area contributed by atoms with E-state index < -0.39 is 0 Å². The highest BCUT2D eigenvalue weighted by Gasteiger charge is 2.07. The van der Waals surface area contributed by atoms with E-state index in [0.29, 0.717) is 22.6 Å². The van der Waals surface area contributed by atoms with Crippen molar-refractivity contribution >= 4 is 11.6 Å². The quantitative estimate of drug-likeness (QED) is 0.673. The molecule has 5 nitrogen and oxygen atoms in total. The average molecular weight is 298 g/mol. The van der Waals surface area contributed by atoms with Crippen LogP contribution in [0.1, 0.15) is 28.4 Å². The molecule has 2 rings (SSSR count). The van der Waals surface area contributed by atoms with Gasteiger partial charge in [0, 0.05) is 11.1 Å². The Morgan fingerprint density at radius 1 is 1.18 bits per heavy atom. The van der Waals surface area contributed by atoms with E-state index in [0.717, 1.165) is 5.56 Å². The van der Waals surface area contributed by atoms with Crippen LogP contribution in [0.4, 0.5) is 0 Å². The Labute approximate surface area is 129 Å². The lowest BCUT2D eigenvalue weighted by atomic mass is 10.1. The Hall–Kier alpha value is -2.82. The number of aryl methyl sites for hydroxylation is 1. The normalized spacial score (nSPS) is 11.1. The van der Waals surface area contributed by atoms with Crippen LogP contribution in [0.25, 0.3) is 0 Å². The Kier molecular flexibility index (Phi) is 4.78. The van der Waals surface area contributed by atoms with Gasteiger partial charge in [0.1, 0.15) is 11.5 Å². The molecular weight excluding hydrogens is 280 g/mol. The van der Waals surface area contributed by atoms with E-state index in [1.807, 2.05) is 19.1 Å². The zero-order chi connectivity index (χ0) is 16.1. The van der Waals surface area contributed by atoms with E-state index >= 15 is 0 Å². The highest BCUT2D eigenvalue weighted by atomic mass is 16.5. The number of ether oxygens (including phenoxy) is 1. The molecule has 114 valence electrons. The molecule has 22 heavy (non-hydrogen) atoms. The fourth-order valence-corrected chi connectivity index (χ4v) is 1.94. The molecule has 0 saturated heterocycles. The fourth-order valence-electron chi connectivity index (χ4n) is 1.94. The molecule has 2 aromatic rings. The molecule has 0 radical (unpaired) electrons. The van der Waals surface area contributed by atoms with Crippen LogP contribution >= 0.6 is 0 Å². The molecule has 0 saturated carbocycles. The fraction of sp³-hybridized carbons (Fsp3) is 0.176. The van der Waals surface area contributed by atoms with E-state index in [1.54, 1.807) is 44.4 Å². The molecule has 0 aromatic heterocycles. The number of benzene rings is 2. The highest BCUT2D eigenvalue weighted by Crippen LogP contribution is 2.19. The summed E-state index contributed by atoms with van der Waals surface area (Å²) in [5.41, 5.74) is 5.08. The summed E-state index contributed by atoms with van der Waals surface area (Å²) < 4.78 is 5.04. The molecule has 0 atom stereocenters. The zero-order valence-corrected chi connectivity index (χ0v) is 12.8. The number of phenolic OH excluding ortho intramolecular Hbond substituents is 1. The van der Waals surface area contributed by atoms with Crippen molar-refractivity contribution in [1.82, 2.24) is 5.43 Å². The van der Waals surface area contributed by atoms with Gasteiger partial charge in [-0.05, 0) is 50.2 Å². The van der Waals surface area contributed by atoms with Gasteiger partial charge < -0.3 is 9.84 Å². The Bertz CT molecular complexity index is 706. The van der Waals surface area contributed by atoms with Crippen molar-refractivity contribution in [1.29, 1.82) is 0 Å². The molecule has 2 aromatic carbocycles. The summed E-state index contributed by atoms with van der Waals surface area (Å²) in [7, 11) is 1.57. The van der Waals surface area contributed by atoms with E-state index in [-0.39, 0.29) is 11.7 Å². The van der Waals surface area contributed by atoms with Gasteiger partial charge in [-0.3, -0.25) is 4.79 Å². The van der Waals surface area contributed by atoms with Crippen LogP contribution in [0.5, 0.6) is 11.5 Å². The number of rotatable bonds is 4. The molecule has 0 fully saturated rings. The number of phenols is 1. The van der Waals surface area contributed by atoms with E-state index in [2.05, 4.69) is 10.5 Å². The predicted octanol–water partition coefficient (Wildman–Crippen LogP) is 2.86. The summed E-state index contributed by atoms with van der Waals surface area (Å²) in [6.07, 6.45) is 0. The van der Waals surface area contributed by atoms with Gasteiger partial charge >= 0.3 is 0 Å². The van der Waals surface area contributed by atoms with Crippen molar-refractivity contribution in [3.8, 4) is 11.5 Å². The van der Waals surface area contributed by atoms with Crippen molar-refractivity contribution in [2.75, 3.05) is 7.11 Å². The second-order valence-corrected chi connectivity index (χ2v) is 4.89. The van der Waals surface area contributed by atoms with Crippen LogP contribution in [0.15, 0.2) is 47.6 Å². The standard InChI is InChI=1S/C17H18N2O3/c1-11-4-9-16(20)15(10-11)12(2)18-19-17(21)13-5-7-14(22-3)8-6-13/h4-10,20H,1-3H3,(H,19,21)/b18-12+. The largest absolute Gasteiger partial charge is 0.507 e. The predicted molar refractivity (Wildman–Crippen MR) is 85.5 cm³/mol. The third kappa shape index (κ3) is 3.63. The number of amides is 1. The molecule has 5 heteroatoms. The number of methoxy groups -OCH3 is 1. The van der Waals surface area contributed by atoms with Crippen LogP contribution in [-0.4, -0.2) is 23.8 Å². The minimum Gasteiger partial charge on any atom is -0.507 e.